The normalized spacial score (nSPS) is 16.3. The highest BCUT2D eigenvalue weighted by molar-refractivity contribution is 5.89. The minimum atomic E-state index is -0.276. The molecule has 1 aliphatic rings. The van der Waals surface area contributed by atoms with Crippen molar-refractivity contribution in [3.05, 3.63) is 35.4 Å². The van der Waals surface area contributed by atoms with Crippen molar-refractivity contribution >= 4 is 5.97 Å². The minimum Gasteiger partial charge on any atom is -0.459 e. The number of aliphatic hydroxyl groups excluding tert-OH is 1. The molecule has 1 aliphatic carbocycles. The van der Waals surface area contributed by atoms with E-state index in [2.05, 4.69) is 0 Å². The molecule has 0 spiro atoms. The van der Waals surface area contributed by atoms with Crippen LogP contribution in [0.1, 0.15) is 41.6 Å². The first-order valence-electron chi connectivity index (χ1n) is 5.70. The first-order chi connectivity index (χ1) is 7.79. The Kier molecular flexibility index (Phi) is 3.57. The van der Waals surface area contributed by atoms with Crippen LogP contribution < -0.4 is 0 Å². The molecule has 0 bridgehead atoms. The number of benzene rings is 1. The van der Waals surface area contributed by atoms with E-state index in [-0.39, 0.29) is 18.7 Å². The molecule has 0 unspecified atom stereocenters. The number of rotatable bonds is 3. The molecule has 1 aromatic rings. The highest BCUT2D eigenvalue weighted by atomic mass is 16.5. The number of carbonyl (C=O) groups is 1. The fourth-order valence-electron chi connectivity index (χ4n) is 2.02. The predicted octanol–water partition coefficient (Wildman–Crippen LogP) is 2.28. The fourth-order valence-corrected chi connectivity index (χ4v) is 2.02. The summed E-state index contributed by atoms with van der Waals surface area (Å²) in [6, 6.07) is 6.94. The van der Waals surface area contributed by atoms with Crippen molar-refractivity contribution in [2.24, 2.45) is 0 Å². The molecular formula is C13H16O3. The number of carbonyl (C=O) groups excluding carboxylic acids is 1. The van der Waals surface area contributed by atoms with Gasteiger partial charge >= 0.3 is 5.97 Å². The van der Waals surface area contributed by atoms with E-state index in [1.165, 1.54) is 0 Å². The Bertz CT molecular complexity index is 367. The van der Waals surface area contributed by atoms with Crippen LogP contribution in [-0.4, -0.2) is 17.2 Å². The van der Waals surface area contributed by atoms with E-state index in [0.29, 0.717) is 5.56 Å². The molecule has 2 rings (SSSR count). The van der Waals surface area contributed by atoms with Gasteiger partial charge in [0.2, 0.25) is 0 Å². The summed E-state index contributed by atoms with van der Waals surface area (Å²) in [6.45, 7) is -0.0510. The molecule has 1 fully saturated rings. The summed E-state index contributed by atoms with van der Waals surface area (Å²) in [7, 11) is 0. The van der Waals surface area contributed by atoms with Crippen LogP contribution in [0.2, 0.25) is 0 Å². The predicted molar refractivity (Wildman–Crippen MR) is 60.0 cm³/mol. The van der Waals surface area contributed by atoms with Gasteiger partial charge in [-0.1, -0.05) is 12.1 Å². The highest BCUT2D eigenvalue weighted by Gasteiger charge is 2.20. The summed E-state index contributed by atoms with van der Waals surface area (Å²) in [5.41, 5.74) is 1.26. The zero-order chi connectivity index (χ0) is 11.4. The summed E-state index contributed by atoms with van der Waals surface area (Å²) in [4.78, 5) is 11.8. The third-order valence-corrected chi connectivity index (χ3v) is 2.92. The van der Waals surface area contributed by atoms with E-state index in [1.54, 1.807) is 24.3 Å². The maximum absolute atomic E-state index is 11.8. The number of aliphatic hydroxyl groups is 1. The molecule has 0 radical (unpaired) electrons. The van der Waals surface area contributed by atoms with Gasteiger partial charge in [-0.3, -0.25) is 0 Å². The van der Waals surface area contributed by atoms with Crippen LogP contribution in [0, 0.1) is 0 Å². The highest BCUT2D eigenvalue weighted by Crippen LogP contribution is 2.22. The van der Waals surface area contributed by atoms with Crippen LogP contribution >= 0.6 is 0 Å². The van der Waals surface area contributed by atoms with Gasteiger partial charge in [-0.05, 0) is 43.4 Å². The fraction of sp³-hybridized carbons (Fsp3) is 0.462. The monoisotopic (exact) mass is 220 g/mol. The van der Waals surface area contributed by atoms with Gasteiger partial charge in [0, 0.05) is 0 Å². The maximum atomic E-state index is 11.8. The number of hydrogen-bond donors (Lipinski definition) is 1. The summed E-state index contributed by atoms with van der Waals surface area (Å²) in [5, 5.41) is 8.98. The second-order valence-electron chi connectivity index (χ2n) is 4.17. The topological polar surface area (TPSA) is 46.5 Å². The third kappa shape index (κ3) is 2.61. The van der Waals surface area contributed by atoms with Gasteiger partial charge in [0.05, 0.1) is 12.2 Å². The van der Waals surface area contributed by atoms with E-state index in [9.17, 15) is 4.79 Å². The average Bonchev–Trinajstić information content (AvgIpc) is 2.82. The molecule has 1 aromatic carbocycles. The smallest absolute Gasteiger partial charge is 0.338 e. The van der Waals surface area contributed by atoms with Gasteiger partial charge < -0.3 is 9.84 Å². The van der Waals surface area contributed by atoms with Crippen LogP contribution in [0.25, 0.3) is 0 Å². The average molecular weight is 220 g/mol. The molecule has 3 heteroatoms. The zero-order valence-electron chi connectivity index (χ0n) is 9.19. The van der Waals surface area contributed by atoms with Crippen molar-refractivity contribution < 1.29 is 14.6 Å². The van der Waals surface area contributed by atoms with Crippen molar-refractivity contribution in [1.82, 2.24) is 0 Å². The molecule has 0 heterocycles. The van der Waals surface area contributed by atoms with Crippen molar-refractivity contribution in [2.45, 2.75) is 38.4 Å². The third-order valence-electron chi connectivity index (χ3n) is 2.92. The van der Waals surface area contributed by atoms with Crippen molar-refractivity contribution in [3.63, 3.8) is 0 Å². The Balaban J connectivity index is 2.01. The lowest BCUT2D eigenvalue weighted by Crippen LogP contribution is -2.14. The summed E-state index contributed by atoms with van der Waals surface area (Å²) in [6.07, 6.45) is 4.34. The summed E-state index contributed by atoms with van der Waals surface area (Å²) < 4.78 is 5.38. The molecular weight excluding hydrogens is 204 g/mol. The first-order valence-corrected chi connectivity index (χ1v) is 5.70. The number of ether oxygens (including phenoxy) is 1. The minimum absolute atomic E-state index is 0.0510. The molecule has 3 nitrogen and oxygen atoms in total. The number of esters is 1. The van der Waals surface area contributed by atoms with Gasteiger partial charge in [0.15, 0.2) is 0 Å². The van der Waals surface area contributed by atoms with Crippen molar-refractivity contribution in [1.29, 1.82) is 0 Å². The van der Waals surface area contributed by atoms with Gasteiger partial charge in [-0.15, -0.1) is 0 Å². The molecule has 16 heavy (non-hydrogen) atoms. The standard InChI is InChI=1S/C13H16O3/c14-9-10-4-3-5-11(8-10)13(15)16-12-6-1-2-7-12/h3-5,8,12,14H,1-2,6-7,9H2. The van der Waals surface area contributed by atoms with Gasteiger partial charge in [0.1, 0.15) is 6.10 Å². The first kappa shape index (κ1) is 11.1. The van der Waals surface area contributed by atoms with Gasteiger partial charge in [-0.25, -0.2) is 4.79 Å². The number of hydrogen-bond acceptors (Lipinski definition) is 3. The summed E-state index contributed by atoms with van der Waals surface area (Å²) in [5.74, 6) is -0.276. The van der Waals surface area contributed by atoms with Crippen LogP contribution in [0.4, 0.5) is 0 Å². The Morgan fingerprint density at radius 2 is 2.12 bits per heavy atom. The van der Waals surface area contributed by atoms with Gasteiger partial charge in [0.25, 0.3) is 0 Å². The molecule has 86 valence electrons. The quantitative estimate of drug-likeness (QED) is 0.795. The van der Waals surface area contributed by atoms with E-state index in [0.717, 1.165) is 31.2 Å². The lowest BCUT2D eigenvalue weighted by Gasteiger charge is -2.11. The molecule has 0 atom stereocenters. The molecule has 0 aliphatic heterocycles. The molecule has 1 saturated carbocycles. The van der Waals surface area contributed by atoms with E-state index >= 15 is 0 Å². The molecule has 0 amide bonds. The van der Waals surface area contributed by atoms with Crippen molar-refractivity contribution in [2.75, 3.05) is 0 Å². The molecule has 0 saturated heterocycles. The summed E-state index contributed by atoms with van der Waals surface area (Å²) >= 11 is 0. The van der Waals surface area contributed by atoms with Crippen LogP contribution in [0.5, 0.6) is 0 Å². The van der Waals surface area contributed by atoms with E-state index < -0.39 is 0 Å². The Morgan fingerprint density at radius 1 is 1.38 bits per heavy atom. The SMILES string of the molecule is O=C(OC1CCCC1)c1cccc(CO)c1. The Hall–Kier alpha value is -1.35. The van der Waals surface area contributed by atoms with Crippen LogP contribution in [0.15, 0.2) is 24.3 Å². The lowest BCUT2D eigenvalue weighted by atomic mass is 10.1. The Labute approximate surface area is 95.0 Å². The van der Waals surface area contributed by atoms with Crippen LogP contribution in [-0.2, 0) is 11.3 Å². The van der Waals surface area contributed by atoms with Gasteiger partial charge in [-0.2, -0.15) is 0 Å². The lowest BCUT2D eigenvalue weighted by molar-refractivity contribution is 0.0317. The molecule has 0 aromatic heterocycles. The maximum Gasteiger partial charge on any atom is 0.338 e. The largest absolute Gasteiger partial charge is 0.459 e. The van der Waals surface area contributed by atoms with E-state index in [4.69, 9.17) is 9.84 Å². The van der Waals surface area contributed by atoms with Crippen LogP contribution in [0.3, 0.4) is 0 Å². The second kappa shape index (κ2) is 5.12. The molecule has 1 N–H and O–H groups in total. The van der Waals surface area contributed by atoms with E-state index in [1.807, 2.05) is 0 Å². The zero-order valence-corrected chi connectivity index (χ0v) is 9.19. The van der Waals surface area contributed by atoms with Crippen molar-refractivity contribution in [3.8, 4) is 0 Å². The Morgan fingerprint density at radius 3 is 2.81 bits per heavy atom. The second-order valence-corrected chi connectivity index (χ2v) is 4.17.